The van der Waals surface area contributed by atoms with E-state index in [1.165, 1.54) is 5.56 Å². The Hall–Kier alpha value is -1.06. The summed E-state index contributed by atoms with van der Waals surface area (Å²) in [5.41, 5.74) is 7.44. The topological polar surface area (TPSA) is 39.2 Å². The van der Waals surface area contributed by atoms with E-state index in [0.29, 0.717) is 0 Å². The van der Waals surface area contributed by atoms with E-state index >= 15 is 0 Å². The quantitative estimate of drug-likeness (QED) is 0.903. The molecule has 1 heterocycles. The fourth-order valence-electron chi connectivity index (χ4n) is 1.87. The molecule has 0 saturated heterocycles. The van der Waals surface area contributed by atoms with Crippen LogP contribution in [0, 0.1) is 0 Å². The normalized spacial score (nSPS) is 12.6. The average Bonchev–Trinajstić information content (AvgIpc) is 2.77. The Labute approximate surface area is 110 Å². The molecule has 0 aliphatic rings. The zero-order chi connectivity index (χ0) is 12.1. The van der Waals surface area contributed by atoms with Crippen molar-refractivity contribution in [3.05, 3.63) is 58.5 Å². The molecule has 3 heteroatoms. The lowest BCUT2D eigenvalue weighted by atomic mass is 10.0. The van der Waals surface area contributed by atoms with Gasteiger partial charge < -0.3 is 10.2 Å². The first-order valence-electron chi connectivity index (χ1n) is 5.80. The summed E-state index contributed by atoms with van der Waals surface area (Å²) in [5.74, 6) is 0.845. The summed E-state index contributed by atoms with van der Waals surface area (Å²) in [6, 6.07) is 12.3. The molecule has 0 amide bonds. The van der Waals surface area contributed by atoms with Crippen molar-refractivity contribution in [2.45, 2.75) is 25.3 Å². The van der Waals surface area contributed by atoms with Crippen LogP contribution in [0.5, 0.6) is 0 Å². The van der Waals surface area contributed by atoms with E-state index < -0.39 is 0 Å². The lowest BCUT2D eigenvalue weighted by Crippen LogP contribution is -2.10. The molecule has 0 bridgehead atoms. The molecule has 1 aromatic heterocycles. The highest BCUT2D eigenvalue weighted by molar-refractivity contribution is 9.10. The highest BCUT2D eigenvalue weighted by Gasteiger charge is 2.12. The molecule has 1 atom stereocenters. The monoisotopic (exact) mass is 293 g/mol. The smallest absolute Gasteiger partial charge is 0.134 e. The largest absolute Gasteiger partial charge is 0.466 e. The number of nitrogens with two attached hydrogens (primary N) is 1. The molecule has 0 spiro atoms. The molecular weight excluding hydrogens is 278 g/mol. The summed E-state index contributed by atoms with van der Waals surface area (Å²) in [6.45, 7) is 0. The first-order valence-corrected chi connectivity index (χ1v) is 6.59. The minimum Gasteiger partial charge on any atom is -0.466 e. The number of furan rings is 1. The van der Waals surface area contributed by atoms with Crippen molar-refractivity contribution in [1.29, 1.82) is 0 Å². The van der Waals surface area contributed by atoms with E-state index in [1.807, 2.05) is 12.1 Å². The van der Waals surface area contributed by atoms with Crippen LogP contribution < -0.4 is 5.73 Å². The molecule has 17 heavy (non-hydrogen) atoms. The van der Waals surface area contributed by atoms with Crippen molar-refractivity contribution in [3.63, 3.8) is 0 Å². The number of hydrogen-bond acceptors (Lipinski definition) is 2. The van der Waals surface area contributed by atoms with E-state index in [1.54, 1.807) is 6.26 Å². The number of rotatable bonds is 5. The summed E-state index contributed by atoms with van der Waals surface area (Å²) >= 11 is 3.43. The van der Waals surface area contributed by atoms with Gasteiger partial charge in [0.05, 0.1) is 16.8 Å². The molecule has 2 N–H and O–H groups in total. The van der Waals surface area contributed by atoms with Crippen molar-refractivity contribution in [1.82, 2.24) is 0 Å². The molecule has 0 saturated carbocycles. The van der Waals surface area contributed by atoms with Gasteiger partial charge in [-0.2, -0.15) is 0 Å². The van der Waals surface area contributed by atoms with Crippen LogP contribution in [0.15, 0.2) is 51.6 Å². The number of benzene rings is 1. The lowest BCUT2D eigenvalue weighted by molar-refractivity contribution is 0.443. The van der Waals surface area contributed by atoms with Gasteiger partial charge >= 0.3 is 0 Å². The standard InChI is InChI=1S/C14H16BrNO/c15-12-9-10-17-14(12)13(16)8-4-7-11-5-2-1-3-6-11/h1-3,5-6,9-10,13H,4,7-8,16H2. The molecule has 2 rings (SSSR count). The van der Waals surface area contributed by atoms with Crippen molar-refractivity contribution in [2.24, 2.45) is 5.73 Å². The van der Waals surface area contributed by atoms with Crippen LogP contribution in [-0.2, 0) is 6.42 Å². The second-order valence-electron chi connectivity index (χ2n) is 4.12. The lowest BCUT2D eigenvalue weighted by Gasteiger charge is -2.09. The van der Waals surface area contributed by atoms with Crippen molar-refractivity contribution in [3.8, 4) is 0 Å². The minimum absolute atomic E-state index is 0.0249. The Morgan fingerprint density at radius 3 is 2.59 bits per heavy atom. The third-order valence-corrected chi connectivity index (χ3v) is 3.46. The van der Waals surface area contributed by atoms with Gasteiger partial charge in [-0.1, -0.05) is 30.3 Å². The average molecular weight is 294 g/mol. The zero-order valence-electron chi connectivity index (χ0n) is 9.60. The van der Waals surface area contributed by atoms with Crippen LogP contribution in [0.4, 0.5) is 0 Å². The molecule has 1 aromatic carbocycles. The molecule has 0 aliphatic carbocycles. The molecular formula is C14H16BrNO. The fourth-order valence-corrected chi connectivity index (χ4v) is 2.37. The second kappa shape index (κ2) is 6.03. The van der Waals surface area contributed by atoms with Gasteiger partial charge in [-0.15, -0.1) is 0 Å². The Bertz CT molecular complexity index is 452. The van der Waals surface area contributed by atoms with Crippen LogP contribution >= 0.6 is 15.9 Å². The maximum absolute atomic E-state index is 6.08. The van der Waals surface area contributed by atoms with E-state index in [9.17, 15) is 0 Å². The first kappa shape index (κ1) is 12.4. The van der Waals surface area contributed by atoms with E-state index in [2.05, 4.69) is 40.2 Å². The van der Waals surface area contributed by atoms with Gasteiger partial charge in [0.25, 0.3) is 0 Å². The predicted octanol–water partition coefficient (Wildman–Crippen LogP) is 4.06. The van der Waals surface area contributed by atoms with Gasteiger partial charge in [-0.3, -0.25) is 0 Å². The van der Waals surface area contributed by atoms with Crippen molar-refractivity contribution in [2.75, 3.05) is 0 Å². The van der Waals surface area contributed by atoms with E-state index in [4.69, 9.17) is 10.2 Å². The summed E-state index contributed by atoms with van der Waals surface area (Å²) in [4.78, 5) is 0. The van der Waals surface area contributed by atoms with Crippen molar-refractivity contribution < 1.29 is 4.42 Å². The van der Waals surface area contributed by atoms with Gasteiger partial charge in [-0.25, -0.2) is 0 Å². The second-order valence-corrected chi connectivity index (χ2v) is 4.97. The Morgan fingerprint density at radius 1 is 1.18 bits per heavy atom. The molecule has 0 radical (unpaired) electrons. The van der Waals surface area contributed by atoms with Crippen LogP contribution in [0.1, 0.15) is 30.2 Å². The van der Waals surface area contributed by atoms with Gasteiger partial charge in [0.2, 0.25) is 0 Å². The Balaban J connectivity index is 1.81. The van der Waals surface area contributed by atoms with Gasteiger partial charge in [-0.05, 0) is 46.8 Å². The predicted molar refractivity (Wildman–Crippen MR) is 72.7 cm³/mol. The maximum atomic E-state index is 6.08. The van der Waals surface area contributed by atoms with E-state index in [-0.39, 0.29) is 6.04 Å². The van der Waals surface area contributed by atoms with Gasteiger partial charge in [0.15, 0.2) is 0 Å². The van der Waals surface area contributed by atoms with Crippen LogP contribution in [-0.4, -0.2) is 0 Å². The highest BCUT2D eigenvalue weighted by atomic mass is 79.9. The molecule has 90 valence electrons. The summed E-state index contributed by atoms with van der Waals surface area (Å²) in [5, 5.41) is 0. The van der Waals surface area contributed by atoms with Crippen LogP contribution in [0.2, 0.25) is 0 Å². The van der Waals surface area contributed by atoms with Gasteiger partial charge in [0.1, 0.15) is 5.76 Å². The number of aryl methyl sites for hydroxylation is 1. The summed E-state index contributed by atoms with van der Waals surface area (Å²) in [6.07, 6.45) is 4.72. The van der Waals surface area contributed by atoms with Crippen LogP contribution in [0.25, 0.3) is 0 Å². The Kier molecular flexibility index (Phi) is 4.40. The fraction of sp³-hybridized carbons (Fsp3) is 0.286. The van der Waals surface area contributed by atoms with Crippen LogP contribution in [0.3, 0.4) is 0 Å². The van der Waals surface area contributed by atoms with Gasteiger partial charge in [0, 0.05) is 0 Å². The summed E-state index contributed by atoms with van der Waals surface area (Å²) in [7, 11) is 0. The molecule has 0 fully saturated rings. The minimum atomic E-state index is -0.0249. The van der Waals surface area contributed by atoms with E-state index in [0.717, 1.165) is 29.5 Å². The Morgan fingerprint density at radius 2 is 1.94 bits per heavy atom. The summed E-state index contributed by atoms with van der Waals surface area (Å²) < 4.78 is 6.32. The molecule has 2 aromatic rings. The third-order valence-electron chi connectivity index (χ3n) is 2.80. The number of hydrogen-bond donors (Lipinski definition) is 1. The molecule has 0 aliphatic heterocycles. The third kappa shape index (κ3) is 3.45. The zero-order valence-corrected chi connectivity index (χ0v) is 11.2. The SMILES string of the molecule is NC(CCCc1ccccc1)c1occc1Br. The number of halogens is 1. The molecule has 2 nitrogen and oxygen atoms in total. The molecule has 1 unspecified atom stereocenters. The van der Waals surface area contributed by atoms with Crippen molar-refractivity contribution >= 4 is 15.9 Å². The highest BCUT2D eigenvalue weighted by Crippen LogP contribution is 2.26. The first-order chi connectivity index (χ1) is 8.27. The maximum Gasteiger partial charge on any atom is 0.134 e.